The largest absolute Gasteiger partial charge is 0.359 e. The van der Waals surface area contributed by atoms with Crippen molar-refractivity contribution in [3.63, 3.8) is 0 Å². The van der Waals surface area contributed by atoms with E-state index in [1.54, 1.807) is 0 Å². The van der Waals surface area contributed by atoms with Crippen LogP contribution in [0.2, 0.25) is 0 Å². The molecule has 0 radical (unpaired) electrons. The van der Waals surface area contributed by atoms with Gasteiger partial charge in [0.25, 0.3) is 0 Å². The molecule has 0 amide bonds. The van der Waals surface area contributed by atoms with Crippen LogP contribution in [0.4, 0.5) is 0 Å². The molecule has 0 aromatic heterocycles. The van der Waals surface area contributed by atoms with E-state index in [0.29, 0.717) is 6.17 Å². The fourth-order valence-corrected chi connectivity index (χ4v) is 3.15. The van der Waals surface area contributed by atoms with Gasteiger partial charge in [-0.15, -0.1) is 0 Å². The van der Waals surface area contributed by atoms with Crippen LogP contribution in [-0.4, -0.2) is 29.6 Å². The summed E-state index contributed by atoms with van der Waals surface area (Å²) in [5.41, 5.74) is 0. The highest BCUT2D eigenvalue weighted by molar-refractivity contribution is 4.94. The van der Waals surface area contributed by atoms with Gasteiger partial charge >= 0.3 is 0 Å². The molecule has 118 valence electrons. The summed E-state index contributed by atoms with van der Waals surface area (Å²) in [6, 6.07) is 0. The minimum Gasteiger partial charge on any atom is -0.359 e. The van der Waals surface area contributed by atoms with E-state index >= 15 is 0 Å². The van der Waals surface area contributed by atoms with E-state index in [2.05, 4.69) is 43.1 Å². The van der Waals surface area contributed by atoms with Gasteiger partial charge in [-0.05, 0) is 12.8 Å². The van der Waals surface area contributed by atoms with Crippen molar-refractivity contribution >= 4 is 0 Å². The molecule has 1 atom stereocenters. The van der Waals surface area contributed by atoms with Crippen molar-refractivity contribution in [1.82, 2.24) is 9.80 Å². The summed E-state index contributed by atoms with van der Waals surface area (Å²) in [5, 5.41) is 0. The van der Waals surface area contributed by atoms with Gasteiger partial charge < -0.3 is 9.80 Å². The molecule has 1 aliphatic rings. The third-order valence-electron chi connectivity index (χ3n) is 4.48. The Morgan fingerprint density at radius 2 is 1.30 bits per heavy atom. The Balaban J connectivity index is 1.89. The van der Waals surface area contributed by atoms with Crippen molar-refractivity contribution in [2.24, 2.45) is 0 Å². The molecule has 1 unspecified atom stereocenters. The second-order valence-corrected chi connectivity index (χ2v) is 6.27. The highest BCUT2D eigenvalue weighted by Gasteiger charge is 2.20. The van der Waals surface area contributed by atoms with Crippen LogP contribution in [0.3, 0.4) is 0 Å². The van der Waals surface area contributed by atoms with Crippen LogP contribution in [0, 0.1) is 0 Å². The first-order valence-electron chi connectivity index (χ1n) is 8.95. The van der Waals surface area contributed by atoms with Crippen molar-refractivity contribution in [2.45, 2.75) is 90.6 Å². The first-order valence-corrected chi connectivity index (χ1v) is 8.95. The Labute approximate surface area is 127 Å². The lowest BCUT2D eigenvalue weighted by Crippen LogP contribution is -2.36. The smallest absolute Gasteiger partial charge is 0.100 e. The molecular weight excluding hydrogens is 244 g/mol. The van der Waals surface area contributed by atoms with Gasteiger partial charge in [-0.2, -0.15) is 0 Å². The summed E-state index contributed by atoms with van der Waals surface area (Å²) >= 11 is 0. The maximum absolute atomic E-state index is 2.50. The van der Waals surface area contributed by atoms with Gasteiger partial charge in [0.05, 0.1) is 0 Å². The SMILES string of the molecule is CCCCCCCCCCCCN1C=CN(C)C1CC. The number of hydrogen-bond acceptors (Lipinski definition) is 2. The van der Waals surface area contributed by atoms with Crippen LogP contribution >= 0.6 is 0 Å². The fourth-order valence-electron chi connectivity index (χ4n) is 3.15. The standard InChI is InChI=1S/C18H36N2/c1-4-6-7-8-9-10-11-12-13-14-15-20-17-16-19(3)18(20)5-2/h16-18H,4-15H2,1-3H3. The monoisotopic (exact) mass is 280 g/mol. The summed E-state index contributed by atoms with van der Waals surface area (Å²) in [7, 11) is 2.18. The molecule has 2 nitrogen and oxygen atoms in total. The Morgan fingerprint density at radius 3 is 1.85 bits per heavy atom. The zero-order chi connectivity index (χ0) is 14.6. The van der Waals surface area contributed by atoms with Gasteiger partial charge in [-0.25, -0.2) is 0 Å². The Bertz CT molecular complexity index is 250. The molecule has 2 heteroatoms. The molecule has 0 aliphatic carbocycles. The molecule has 0 fully saturated rings. The topological polar surface area (TPSA) is 6.48 Å². The van der Waals surface area contributed by atoms with E-state index in [1.165, 1.54) is 77.2 Å². The van der Waals surface area contributed by atoms with Gasteiger partial charge in [0.15, 0.2) is 0 Å². The van der Waals surface area contributed by atoms with Gasteiger partial charge in [0, 0.05) is 26.0 Å². The van der Waals surface area contributed by atoms with Crippen LogP contribution < -0.4 is 0 Å². The molecule has 1 rings (SSSR count). The molecule has 0 aromatic rings. The Hall–Kier alpha value is -0.660. The zero-order valence-electron chi connectivity index (χ0n) is 14.1. The van der Waals surface area contributed by atoms with Crippen molar-refractivity contribution in [3.8, 4) is 0 Å². The molecule has 1 heterocycles. The normalized spacial score (nSPS) is 18.2. The van der Waals surface area contributed by atoms with Gasteiger partial charge in [0.1, 0.15) is 6.17 Å². The van der Waals surface area contributed by atoms with Crippen LogP contribution in [-0.2, 0) is 0 Å². The molecule has 0 aromatic carbocycles. The zero-order valence-corrected chi connectivity index (χ0v) is 14.1. The lowest BCUT2D eigenvalue weighted by molar-refractivity contribution is 0.168. The van der Waals surface area contributed by atoms with Crippen LogP contribution in [0.1, 0.15) is 84.5 Å². The molecule has 0 spiro atoms. The highest BCUT2D eigenvalue weighted by atomic mass is 15.4. The van der Waals surface area contributed by atoms with E-state index in [4.69, 9.17) is 0 Å². The van der Waals surface area contributed by atoms with Crippen LogP contribution in [0.15, 0.2) is 12.4 Å². The van der Waals surface area contributed by atoms with Gasteiger partial charge in [-0.1, -0.05) is 71.6 Å². The minimum atomic E-state index is 0.605. The molecule has 1 aliphatic heterocycles. The maximum atomic E-state index is 2.50. The van der Waals surface area contributed by atoms with Crippen LogP contribution in [0.25, 0.3) is 0 Å². The second kappa shape index (κ2) is 11.0. The molecule has 0 saturated heterocycles. The number of unbranched alkanes of at least 4 members (excludes halogenated alkanes) is 9. The summed E-state index contributed by atoms with van der Waals surface area (Å²) in [6.45, 7) is 5.80. The quantitative estimate of drug-likeness (QED) is 0.444. The molecule has 0 bridgehead atoms. The third kappa shape index (κ3) is 6.67. The predicted octanol–water partition coefficient (Wildman–Crippen LogP) is 5.36. The van der Waals surface area contributed by atoms with E-state index in [9.17, 15) is 0 Å². The first kappa shape index (κ1) is 17.4. The number of hydrogen-bond donors (Lipinski definition) is 0. The Kier molecular flexibility index (Phi) is 9.61. The molecular formula is C18H36N2. The average Bonchev–Trinajstić information content (AvgIpc) is 2.81. The van der Waals surface area contributed by atoms with E-state index in [1.807, 2.05) is 0 Å². The maximum Gasteiger partial charge on any atom is 0.100 e. The van der Waals surface area contributed by atoms with E-state index in [-0.39, 0.29) is 0 Å². The summed E-state index contributed by atoms with van der Waals surface area (Å²) in [6.07, 6.45) is 20.5. The van der Waals surface area contributed by atoms with Crippen molar-refractivity contribution in [3.05, 3.63) is 12.4 Å². The minimum absolute atomic E-state index is 0.605. The second-order valence-electron chi connectivity index (χ2n) is 6.27. The lowest BCUT2D eigenvalue weighted by Gasteiger charge is -2.29. The number of nitrogens with zero attached hydrogens (tertiary/aromatic N) is 2. The first-order chi connectivity index (χ1) is 9.79. The van der Waals surface area contributed by atoms with Crippen molar-refractivity contribution in [2.75, 3.05) is 13.6 Å². The average molecular weight is 281 g/mol. The Morgan fingerprint density at radius 1 is 0.750 bits per heavy atom. The van der Waals surface area contributed by atoms with Crippen molar-refractivity contribution in [1.29, 1.82) is 0 Å². The van der Waals surface area contributed by atoms with E-state index in [0.717, 1.165) is 0 Å². The molecule has 20 heavy (non-hydrogen) atoms. The number of rotatable bonds is 12. The third-order valence-corrected chi connectivity index (χ3v) is 4.48. The van der Waals surface area contributed by atoms with E-state index < -0.39 is 0 Å². The molecule has 0 N–H and O–H groups in total. The summed E-state index contributed by atoms with van der Waals surface area (Å²) in [4.78, 5) is 4.83. The van der Waals surface area contributed by atoms with Crippen molar-refractivity contribution < 1.29 is 0 Å². The van der Waals surface area contributed by atoms with Gasteiger partial charge in [-0.3, -0.25) is 0 Å². The summed E-state index contributed by atoms with van der Waals surface area (Å²) in [5.74, 6) is 0. The fraction of sp³-hybridized carbons (Fsp3) is 0.889. The predicted molar refractivity (Wildman–Crippen MR) is 89.5 cm³/mol. The summed E-state index contributed by atoms with van der Waals surface area (Å²) < 4.78 is 0. The lowest BCUT2D eigenvalue weighted by atomic mass is 10.1. The van der Waals surface area contributed by atoms with Gasteiger partial charge in [0.2, 0.25) is 0 Å². The highest BCUT2D eigenvalue weighted by Crippen LogP contribution is 2.18. The van der Waals surface area contributed by atoms with Crippen LogP contribution in [0.5, 0.6) is 0 Å². The molecule has 0 saturated carbocycles.